The largest absolute Gasteiger partial charge is 0.395 e. The Bertz CT molecular complexity index is 1220. The van der Waals surface area contributed by atoms with Gasteiger partial charge in [-0.15, -0.1) is 0 Å². The summed E-state index contributed by atoms with van der Waals surface area (Å²) in [5.74, 6) is 0.828. The quantitative estimate of drug-likeness (QED) is 0.301. The fourth-order valence-electron chi connectivity index (χ4n) is 4.58. The number of nitrogens with zero attached hydrogens (tertiary/aromatic N) is 5. The average molecular weight is 573 g/mol. The lowest BCUT2D eigenvalue weighted by Gasteiger charge is -2.34. The number of piperazine rings is 1. The maximum Gasteiger partial charge on any atom is 0.220 e. The van der Waals surface area contributed by atoms with E-state index in [4.69, 9.17) is 28.3 Å². The Morgan fingerprint density at radius 3 is 2.44 bits per heavy atom. The zero-order valence-corrected chi connectivity index (χ0v) is 23.6. The fourth-order valence-corrected chi connectivity index (χ4v) is 4.93. The molecule has 1 aromatic carbocycles. The van der Waals surface area contributed by atoms with Gasteiger partial charge in [0.15, 0.2) is 5.82 Å². The Morgan fingerprint density at radius 1 is 1.03 bits per heavy atom. The molecule has 2 aromatic heterocycles. The SMILES string of the molecule is Cc1nc(-c2ncccc2Cl)nc(NC[C@H](NC(=O)CCCN2CCN(CCO)CC2)c2ccccc2)c1Cl. The third-order valence-corrected chi connectivity index (χ3v) is 7.51. The van der Waals surface area contributed by atoms with Crippen LogP contribution in [-0.2, 0) is 4.79 Å². The van der Waals surface area contributed by atoms with Crippen LogP contribution < -0.4 is 10.6 Å². The molecule has 1 fully saturated rings. The molecule has 208 valence electrons. The summed E-state index contributed by atoms with van der Waals surface area (Å²) < 4.78 is 0. The normalized spacial score (nSPS) is 15.2. The molecule has 9 nitrogen and oxygen atoms in total. The molecule has 3 aromatic rings. The predicted octanol–water partition coefficient (Wildman–Crippen LogP) is 3.81. The van der Waals surface area contributed by atoms with Crippen molar-refractivity contribution < 1.29 is 9.90 Å². The number of amides is 1. The van der Waals surface area contributed by atoms with E-state index in [1.165, 1.54) is 0 Å². The first-order valence-electron chi connectivity index (χ1n) is 13.2. The van der Waals surface area contributed by atoms with Crippen LogP contribution in [0.15, 0.2) is 48.7 Å². The van der Waals surface area contributed by atoms with E-state index in [0.717, 1.165) is 51.3 Å². The third-order valence-electron chi connectivity index (χ3n) is 6.76. The molecule has 1 aliphatic heterocycles. The Labute approximate surface area is 239 Å². The molecule has 1 amide bonds. The fraction of sp³-hybridized carbons (Fsp3) is 0.429. The van der Waals surface area contributed by atoms with Crippen LogP contribution in [0.4, 0.5) is 5.82 Å². The first-order chi connectivity index (χ1) is 18.9. The molecule has 3 N–H and O–H groups in total. The van der Waals surface area contributed by atoms with Crippen LogP contribution in [-0.4, -0.2) is 88.2 Å². The van der Waals surface area contributed by atoms with Crippen LogP contribution >= 0.6 is 23.2 Å². The molecule has 1 saturated heterocycles. The molecule has 0 saturated carbocycles. The number of aliphatic hydroxyl groups is 1. The summed E-state index contributed by atoms with van der Waals surface area (Å²) in [6.07, 6.45) is 2.86. The van der Waals surface area contributed by atoms with Crippen molar-refractivity contribution in [1.82, 2.24) is 30.1 Å². The molecule has 0 aliphatic carbocycles. The second-order valence-corrected chi connectivity index (χ2v) is 10.3. The van der Waals surface area contributed by atoms with E-state index in [1.54, 1.807) is 25.3 Å². The standard InChI is InChI=1S/C28H35Cl2N7O2/c1-20-25(30)27(35-28(33-20)26-22(29)9-5-11-31-26)32-19-23(21-7-3-2-4-8-21)34-24(39)10-6-12-36-13-15-37(16-14-36)17-18-38/h2-5,7-9,11,23,38H,6,10,12-19H2,1H3,(H,34,39)(H,32,33,35)/t23-/m0/s1. The van der Waals surface area contributed by atoms with Crippen molar-refractivity contribution in [2.24, 2.45) is 0 Å². The average Bonchev–Trinajstić information content (AvgIpc) is 2.95. The first kappa shape index (κ1) is 29.2. The van der Waals surface area contributed by atoms with Gasteiger partial charge in [-0.3, -0.25) is 14.7 Å². The van der Waals surface area contributed by atoms with Crippen molar-refractivity contribution in [2.45, 2.75) is 25.8 Å². The van der Waals surface area contributed by atoms with Gasteiger partial charge in [-0.05, 0) is 37.6 Å². The Kier molecular flexibility index (Phi) is 10.9. The maximum atomic E-state index is 12.9. The number of rotatable bonds is 12. The molecule has 1 atom stereocenters. The molecule has 1 aliphatic rings. The number of aliphatic hydroxyl groups excluding tert-OH is 1. The van der Waals surface area contributed by atoms with Gasteiger partial charge < -0.3 is 20.6 Å². The van der Waals surface area contributed by atoms with Gasteiger partial charge in [-0.2, -0.15) is 0 Å². The maximum absolute atomic E-state index is 12.9. The van der Waals surface area contributed by atoms with Crippen LogP contribution in [0.1, 0.15) is 30.1 Å². The highest BCUT2D eigenvalue weighted by Crippen LogP contribution is 2.29. The number of hydrogen-bond acceptors (Lipinski definition) is 8. The third kappa shape index (κ3) is 8.33. The minimum atomic E-state index is -0.283. The van der Waals surface area contributed by atoms with Crippen molar-refractivity contribution in [3.05, 3.63) is 70.0 Å². The number of aryl methyl sites for hydroxylation is 1. The van der Waals surface area contributed by atoms with Crippen LogP contribution in [0.5, 0.6) is 0 Å². The van der Waals surface area contributed by atoms with E-state index in [0.29, 0.717) is 46.0 Å². The molecule has 0 unspecified atom stereocenters. The Hall–Kier alpha value is -2.82. The molecule has 0 bridgehead atoms. The second kappa shape index (κ2) is 14.5. The number of β-amino-alcohol motifs (C(OH)–C–C–N with tert-alkyl or cyclic N) is 1. The molecule has 0 radical (unpaired) electrons. The number of aromatic nitrogens is 3. The van der Waals surface area contributed by atoms with Gasteiger partial charge >= 0.3 is 0 Å². The first-order valence-corrected chi connectivity index (χ1v) is 14.0. The number of benzene rings is 1. The number of anilines is 1. The van der Waals surface area contributed by atoms with Crippen LogP contribution in [0.25, 0.3) is 11.5 Å². The number of hydrogen-bond donors (Lipinski definition) is 3. The molecule has 39 heavy (non-hydrogen) atoms. The summed E-state index contributed by atoms with van der Waals surface area (Å²) >= 11 is 12.9. The lowest BCUT2D eigenvalue weighted by molar-refractivity contribution is -0.122. The number of halogens is 2. The van der Waals surface area contributed by atoms with Gasteiger partial charge in [0, 0.05) is 51.9 Å². The van der Waals surface area contributed by atoms with Crippen molar-refractivity contribution in [3.63, 3.8) is 0 Å². The number of pyridine rings is 1. The second-order valence-electron chi connectivity index (χ2n) is 9.55. The molecular weight excluding hydrogens is 537 g/mol. The minimum absolute atomic E-state index is 0.00418. The summed E-state index contributed by atoms with van der Waals surface area (Å²) in [6, 6.07) is 13.0. The van der Waals surface area contributed by atoms with E-state index < -0.39 is 0 Å². The highest BCUT2D eigenvalue weighted by atomic mass is 35.5. The van der Waals surface area contributed by atoms with Crippen LogP contribution in [0.3, 0.4) is 0 Å². The van der Waals surface area contributed by atoms with Gasteiger partial charge in [0.05, 0.1) is 23.4 Å². The van der Waals surface area contributed by atoms with Crippen molar-refractivity contribution >= 4 is 34.9 Å². The van der Waals surface area contributed by atoms with Gasteiger partial charge in [0.2, 0.25) is 5.91 Å². The summed E-state index contributed by atoms with van der Waals surface area (Å²) in [7, 11) is 0. The number of nitrogens with one attached hydrogen (secondary N) is 2. The highest BCUT2D eigenvalue weighted by molar-refractivity contribution is 6.34. The zero-order valence-electron chi connectivity index (χ0n) is 22.1. The van der Waals surface area contributed by atoms with E-state index in [-0.39, 0.29) is 18.6 Å². The number of carbonyl (C=O) groups excluding carboxylic acids is 1. The monoisotopic (exact) mass is 571 g/mol. The van der Waals surface area contributed by atoms with E-state index in [9.17, 15) is 4.79 Å². The number of carbonyl (C=O) groups is 1. The van der Waals surface area contributed by atoms with Crippen molar-refractivity contribution in [3.8, 4) is 11.5 Å². The van der Waals surface area contributed by atoms with Crippen molar-refractivity contribution in [1.29, 1.82) is 0 Å². The molecule has 11 heteroatoms. The summed E-state index contributed by atoms with van der Waals surface area (Å²) in [6.45, 7) is 7.81. The highest BCUT2D eigenvalue weighted by Gasteiger charge is 2.20. The summed E-state index contributed by atoms with van der Waals surface area (Å²) in [4.78, 5) is 31.0. The molecular formula is C28H35Cl2N7O2. The van der Waals surface area contributed by atoms with E-state index in [1.807, 2.05) is 30.3 Å². The predicted molar refractivity (Wildman–Crippen MR) is 155 cm³/mol. The van der Waals surface area contributed by atoms with E-state index in [2.05, 4.69) is 35.4 Å². The lowest BCUT2D eigenvalue weighted by Crippen LogP contribution is -2.47. The van der Waals surface area contributed by atoms with E-state index >= 15 is 0 Å². The molecule has 3 heterocycles. The van der Waals surface area contributed by atoms with Gasteiger partial charge in [-0.1, -0.05) is 53.5 Å². The Morgan fingerprint density at radius 2 is 1.74 bits per heavy atom. The lowest BCUT2D eigenvalue weighted by atomic mass is 10.1. The molecule has 0 spiro atoms. The summed E-state index contributed by atoms with van der Waals surface area (Å²) in [5, 5.41) is 16.5. The smallest absolute Gasteiger partial charge is 0.220 e. The van der Waals surface area contributed by atoms with Gasteiger partial charge in [-0.25, -0.2) is 9.97 Å². The van der Waals surface area contributed by atoms with Gasteiger partial charge in [0.25, 0.3) is 0 Å². The minimum Gasteiger partial charge on any atom is -0.395 e. The van der Waals surface area contributed by atoms with Crippen LogP contribution in [0, 0.1) is 6.92 Å². The van der Waals surface area contributed by atoms with Gasteiger partial charge in [0.1, 0.15) is 16.5 Å². The zero-order chi connectivity index (χ0) is 27.6. The topological polar surface area (TPSA) is 107 Å². The summed E-state index contributed by atoms with van der Waals surface area (Å²) in [5.41, 5.74) is 2.06. The Balaban J connectivity index is 1.37. The van der Waals surface area contributed by atoms with Crippen LogP contribution in [0.2, 0.25) is 10.0 Å². The van der Waals surface area contributed by atoms with Crippen molar-refractivity contribution in [2.75, 3.05) is 57.7 Å². The molecule has 4 rings (SSSR count).